The summed E-state index contributed by atoms with van der Waals surface area (Å²) in [5.74, 6) is 2.09. The molecule has 1 aliphatic rings. The number of aryl methyl sites for hydroxylation is 1. The first-order valence-electron chi connectivity index (χ1n) is 8.90. The molecule has 0 aliphatic carbocycles. The minimum Gasteiger partial charge on any atom is -0.368 e. The Morgan fingerprint density at radius 2 is 1.89 bits per heavy atom. The quantitative estimate of drug-likeness (QED) is 0.436. The van der Waals surface area contributed by atoms with E-state index >= 15 is 0 Å². The summed E-state index contributed by atoms with van der Waals surface area (Å²) >= 11 is 0. The lowest BCUT2D eigenvalue weighted by atomic mass is 10.2. The van der Waals surface area contributed by atoms with Gasteiger partial charge in [-0.15, -0.1) is 0 Å². The van der Waals surface area contributed by atoms with Crippen LogP contribution in [0.15, 0.2) is 30.3 Å². The van der Waals surface area contributed by atoms with Gasteiger partial charge in [0.15, 0.2) is 0 Å². The third kappa shape index (κ3) is 4.90. The van der Waals surface area contributed by atoms with Gasteiger partial charge < -0.3 is 15.5 Å². The van der Waals surface area contributed by atoms with Crippen LogP contribution in [0, 0.1) is 17.0 Å². The summed E-state index contributed by atoms with van der Waals surface area (Å²) in [7, 11) is 0. The number of benzene rings is 1. The minimum atomic E-state index is -0.494. The Kier molecular flexibility index (Phi) is 5.80. The minimum absolute atomic E-state index is 0.0406. The van der Waals surface area contributed by atoms with Crippen molar-refractivity contribution >= 4 is 23.2 Å². The Bertz CT molecular complexity index is 818. The third-order valence-corrected chi connectivity index (χ3v) is 4.31. The number of nitro groups is 1. The van der Waals surface area contributed by atoms with Crippen molar-refractivity contribution in [3.8, 4) is 0 Å². The molecule has 0 spiro atoms. The molecule has 27 heavy (non-hydrogen) atoms. The van der Waals surface area contributed by atoms with Crippen molar-refractivity contribution in [2.24, 2.45) is 0 Å². The average Bonchev–Trinajstić information content (AvgIpc) is 3.19. The zero-order valence-electron chi connectivity index (χ0n) is 15.1. The lowest BCUT2D eigenvalue weighted by Gasteiger charge is -2.17. The highest BCUT2D eigenvalue weighted by atomic mass is 16.6. The van der Waals surface area contributed by atoms with Gasteiger partial charge in [-0.25, -0.2) is 9.97 Å². The number of amides is 1. The number of nitro benzene ring substituents is 1. The fraction of sp³-hybridized carbons (Fsp3) is 0.389. The topological polar surface area (TPSA) is 113 Å². The molecule has 0 unspecified atom stereocenters. The second-order valence-corrected chi connectivity index (χ2v) is 6.34. The Morgan fingerprint density at radius 3 is 2.56 bits per heavy atom. The number of non-ortho nitro benzene ring substituents is 1. The standard InChI is InChI=1S/C18H22N6O3/c1-13-21-16(12-17(22-13)23-10-2-3-11-23)19-8-9-20-18(25)14-4-6-15(7-5-14)24(26)27/h4-7,12H,2-3,8-11H2,1H3,(H,20,25)(H,19,21,22). The molecule has 0 atom stereocenters. The van der Waals surface area contributed by atoms with Gasteiger partial charge in [0.05, 0.1) is 4.92 Å². The predicted octanol–water partition coefficient (Wildman–Crippen LogP) is 2.14. The van der Waals surface area contributed by atoms with E-state index in [9.17, 15) is 14.9 Å². The first-order chi connectivity index (χ1) is 13.0. The second kappa shape index (κ2) is 8.43. The fourth-order valence-electron chi connectivity index (χ4n) is 2.95. The van der Waals surface area contributed by atoms with Crippen molar-refractivity contribution in [1.29, 1.82) is 0 Å². The summed E-state index contributed by atoms with van der Waals surface area (Å²) in [6, 6.07) is 7.44. The van der Waals surface area contributed by atoms with Crippen molar-refractivity contribution in [3.63, 3.8) is 0 Å². The van der Waals surface area contributed by atoms with Crippen LogP contribution in [-0.2, 0) is 0 Å². The summed E-state index contributed by atoms with van der Waals surface area (Å²) in [6.07, 6.45) is 2.36. The molecule has 9 nitrogen and oxygen atoms in total. The SMILES string of the molecule is Cc1nc(NCCNC(=O)c2ccc([N+](=O)[O-])cc2)cc(N2CCCC2)n1. The highest BCUT2D eigenvalue weighted by molar-refractivity contribution is 5.94. The Balaban J connectivity index is 1.49. The smallest absolute Gasteiger partial charge is 0.269 e. The first-order valence-corrected chi connectivity index (χ1v) is 8.90. The Morgan fingerprint density at radius 1 is 1.19 bits per heavy atom. The van der Waals surface area contributed by atoms with Crippen LogP contribution >= 0.6 is 0 Å². The Hall–Kier alpha value is -3.23. The van der Waals surface area contributed by atoms with E-state index in [0.717, 1.165) is 24.7 Å². The number of nitrogens with one attached hydrogen (secondary N) is 2. The number of carbonyl (C=O) groups excluding carboxylic acids is 1. The van der Waals surface area contributed by atoms with E-state index in [1.54, 1.807) is 0 Å². The first kappa shape index (κ1) is 18.6. The summed E-state index contributed by atoms with van der Waals surface area (Å²) in [4.78, 5) is 33.3. The molecule has 1 amide bonds. The molecular formula is C18H22N6O3. The number of hydrogen-bond donors (Lipinski definition) is 2. The Labute approximate surface area is 157 Å². The van der Waals surface area contributed by atoms with Crippen molar-refractivity contribution < 1.29 is 9.72 Å². The van der Waals surface area contributed by atoms with Gasteiger partial charge in [0.1, 0.15) is 17.5 Å². The number of rotatable bonds is 7. The molecule has 2 aromatic rings. The second-order valence-electron chi connectivity index (χ2n) is 6.34. The van der Waals surface area contributed by atoms with Crippen LogP contribution in [0.2, 0.25) is 0 Å². The van der Waals surface area contributed by atoms with Crippen LogP contribution in [0.25, 0.3) is 0 Å². The molecule has 1 aromatic heterocycles. The van der Waals surface area contributed by atoms with Crippen LogP contribution in [0.1, 0.15) is 29.0 Å². The molecule has 0 saturated carbocycles. The number of aromatic nitrogens is 2. The van der Waals surface area contributed by atoms with Crippen LogP contribution in [0.3, 0.4) is 0 Å². The zero-order chi connectivity index (χ0) is 19.2. The summed E-state index contributed by atoms with van der Waals surface area (Å²) in [6.45, 7) is 4.80. The number of carbonyl (C=O) groups is 1. The number of anilines is 2. The monoisotopic (exact) mass is 370 g/mol. The van der Waals surface area contributed by atoms with E-state index in [1.807, 2.05) is 13.0 Å². The maximum absolute atomic E-state index is 12.1. The summed E-state index contributed by atoms with van der Waals surface area (Å²) in [5.41, 5.74) is 0.343. The van der Waals surface area contributed by atoms with Gasteiger partial charge in [-0.2, -0.15) is 0 Å². The van der Waals surface area contributed by atoms with Gasteiger partial charge >= 0.3 is 0 Å². The van der Waals surface area contributed by atoms with E-state index in [1.165, 1.54) is 37.1 Å². The van der Waals surface area contributed by atoms with Crippen molar-refractivity contribution in [2.45, 2.75) is 19.8 Å². The normalized spacial score (nSPS) is 13.4. The highest BCUT2D eigenvalue weighted by Gasteiger charge is 2.15. The molecule has 2 heterocycles. The molecule has 142 valence electrons. The van der Waals surface area contributed by atoms with Gasteiger partial charge in [-0.1, -0.05) is 0 Å². The van der Waals surface area contributed by atoms with Crippen LogP contribution in [0.4, 0.5) is 17.3 Å². The lowest BCUT2D eigenvalue weighted by molar-refractivity contribution is -0.384. The average molecular weight is 370 g/mol. The highest BCUT2D eigenvalue weighted by Crippen LogP contribution is 2.20. The molecular weight excluding hydrogens is 348 g/mol. The van der Waals surface area contributed by atoms with Gasteiger partial charge in [0.2, 0.25) is 0 Å². The van der Waals surface area contributed by atoms with Crippen LogP contribution < -0.4 is 15.5 Å². The largest absolute Gasteiger partial charge is 0.368 e. The predicted molar refractivity (Wildman–Crippen MR) is 102 cm³/mol. The molecule has 1 aromatic carbocycles. The summed E-state index contributed by atoms with van der Waals surface area (Å²) < 4.78 is 0. The van der Waals surface area contributed by atoms with Gasteiger partial charge in [-0.3, -0.25) is 14.9 Å². The van der Waals surface area contributed by atoms with Gasteiger partial charge in [0, 0.05) is 49.9 Å². The zero-order valence-corrected chi connectivity index (χ0v) is 15.1. The van der Waals surface area contributed by atoms with E-state index in [4.69, 9.17) is 0 Å². The summed E-state index contributed by atoms with van der Waals surface area (Å²) in [5, 5.41) is 16.6. The maximum atomic E-state index is 12.1. The third-order valence-electron chi connectivity index (χ3n) is 4.31. The maximum Gasteiger partial charge on any atom is 0.269 e. The van der Waals surface area contributed by atoms with Crippen LogP contribution in [0.5, 0.6) is 0 Å². The molecule has 0 bridgehead atoms. The van der Waals surface area contributed by atoms with Gasteiger partial charge in [-0.05, 0) is 31.9 Å². The molecule has 0 radical (unpaired) electrons. The van der Waals surface area contributed by atoms with Crippen LogP contribution in [-0.4, -0.2) is 47.0 Å². The van der Waals surface area contributed by atoms with Crippen molar-refractivity contribution in [3.05, 3.63) is 51.8 Å². The van der Waals surface area contributed by atoms with E-state index in [2.05, 4.69) is 25.5 Å². The molecule has 2 N–H and O–H groups in total. The fourth-order valence-corrected chi connectivity index (χ4v) is 2.95. The molecule has 1 saturated heterocycles. The molecule has 3 rings (SSSR count). The van der Waals surface area contributed by atoms with E-state index in [0.29, 0.717) is 24.5 Å². The molecule has 9 heteroatoms. The van der Waals surface area contributed by atoms with E-state index < -0.39 is 4.92 Å². The lowest BCUT2D eigenvalue weighted by Crippen LogP contribution is -2.29. The molecule has 1 aliphatic heterocycles. The van der Waals surface area contributed by atoms with Crippen molar-refractivity contribution in [1.82, 2.24) is 15.3 Å². The molecule has 1 fully saturated rings. The van der Waals surface area contributed by atoms with Crippen molar-refractivity contribution in [2.75, 3.05) is 36.4 Å². The number of hydrogen-bond acceptors (Lipinski definition) is 7. The van der Waals surface area contributed by atoms with E-state index in [-0.39, 0.29) is 11.6 Å². The van der Waals surface area contributed by atoms with Gasteiger partial charge in [0.25, 0.3) is 11.6 Å². The number of nitrogens with zero attached hydrogens (tertiary/aromatic N) is 4.